The molecule has 3 aromatic rings. The molecule has 1 N–H and O–H groups in total. The minimum Gasteiger partial charge on any atom is -0.335 e. The lowest BCUT2D eigenvalue weighted by molar-refractivity contribution is 0.0538. The monoisotopic (exact) mass is 495 g/mol. The first-order valence-corrected chi connectivity index (χ1v) is 13.2. The van der Waals surface area contributed by atoms with Gasteiger partial charge in [-0.05, 0) is 55.0 Å². The average molecular weight is 496 g/mol. The summed E-state index contributed by atoms with van der Waals surface area (Å²) >= 11 is 1.48. The highest BCUT2D eigenvalue weighted by atomic mass is 32.2. The number of anilines is 1. The zero-order chi connectivity index (χ0) is 24.1. The van der Waals surface area contributed by atoms with Crippen molar-refractivity contribution in [3.63, 3.8) is 0 Å². The Hall–Kier alpha value is -3.43. The van der Waals surface area contributed by atoms with Crippen molar-refractivity contribution in [3.8, 4) is 0 Å². The Labute approximate surface area is 203 Å². The van der Waals surface area contributed by atoms with Gasteiger partial charge in [0.15, 0.2) is 0 Å². The van der Waals surface area contributed by atoms with Crippen molar-refractivity contribution < 1.29 is 18.0 Å². The molecule has 176 valence electrons. The van der Waals surface area contributed by atoms with Gasteiger partial charge in [0.1, 0.15) is 0 Å². The summed E-state index contributed by atoms with van der Waals surface area (Å²) < 4.78 is 27.1. The van der Waals surface area contributed by atoms with Crippen LogP contribution in [0.4, 0.5) is 5.69 Å². The van der Waals surface area contributed by atoms with Gasteiger partial charge in [-0.25, -0.2) is 8.42 Å². The van der Waals surface area contributed by atoms with E-state index in [1.165, 1.54) is 17.4 Å². The number of sulfonamides is 1. The Bertz CT molecular complexity index is 1290. The summed E-state index contributed by atoms with van der Waals surface area (Å²) in [6.45, 7) is 3.83. The number of benzene rings is 2. The highest BCUT2D eigenvalue weighted by Gasteiger charge is 2.26. The van der Waals surface area contributed by atoms with Crippen molar-refractivity contribution in [1.29, 1.82) is 0 Å². The molecule has 0 unspecified atom stereocenters. The molecular formula is C25H25N3O4S2. The number of thiophene rings is 1. The minimum absolute atomic E-state index is 0.00292. The second-order valence-electron chi connectivity index (χ2n) is 7.93. The van der Waals surface area contributed by atoms with E-state index in [1.54, 1.807) is 34.1 Å². The fourth-order valence-electron chi connectivity index (χ4n) is 3.61. The number of amides is 2. The van der Waals surface area contributed by atoms with E-state index < -0.39 is 10.0 Å². The number of carbonyl (C=O) groups excluding carboxylic acids is 2. The first kappa shape index (κ1) is 23.7. The van der Waals surface area contributed by atoms with E-state index in [4.69, 9.17) is 0 Å². The topological polar surface area (TPSA) is 86.8 Å². The van der Waals surface area contributed by atoms with Crippen molar-refractivity contribution in [2.24, 2.45) is 0 Å². The number of carbonyl (C=O) groups is 2. The van der Waals surface area contributed by atoms with Gasteiger partial charge in [-0.2, -0.15) is 0 Å². The maximum absolute atomic E-state index is 12.9. The molecule has 1 aromatic heterocycles. The Morgan fingerprint density at radius 3 is 2.06 bits per heavy atom. The SMILES string of the molecule is Cc1ccc(C(=O)N2CCN(C(=O)c3ccc(NS(=O)(=O)C=Cc4ccccc4)cc3)CC2)s1. The van der Waals surface area contributed by atoms with E-state index in [9.17, 15) is 18.0 Å². The molecule has 0 atom stereocenters. The summed E-state index contributed by atoms with van der Waals surface area (Å²) in [6.07, 6.45) is 1.52. The molecule has 1 aliphatic heterocycles. The third-order valence-electron chi connectivity index (χ3n) is 5.44. The third kappa shape index (κ3) is 5.92. The van der Waals surface area contributed by atoms with Gasteiger partial charge in [0.25, 0.3) is 21.8 Å². The van der Waals surface area contributed by atoms with Crippen LogP contribution in [0.2, 0.25) is 0 Å². The normalized spacial score (nSPS) is 14.4. The smallest absolute Gasteiger partial charge is 0.264 e. The van der Waals surface area contributed by atoms with E-state index in [-0.39, 0.29) is 11.8 Å². The molecular weight excluding hydrogens is 470 g/mol. The molecule has 34 heavy (non-hydrogen) atoms. The van der Waals surface area contributed by atoms with Gasteiger partial charge in [-0.15, -0.1) is 11.3 Å². The van der Waals surface area contributed by atoms with Gasteiger partial charge in [0, 0.05) is 42.3 Å². The Morgan fingerprint density at radius 2 is 1.47 bits per heavy atom. The number of hydrogen-bond acceptors (Lipinski definition) is 5. The van der Waals surface area contributed by atoms with Crippen LogP contribution in [-0.4, -0.2) is 56.2 Å². The van der Waals surface area contributed by atoms with Gasteiger partial charge in [-0.1, -0.05) is 30.3 Å². The summed E-state index contributed by atoms with van der Waals surface area (Å²) in [5, 5.41) is 1.11. The van der Waals surface area contributed by atoms with Crippen LogP contribution in [0.15, 0.2) is 72.1 Å². The molecule has 9 heteroatoms. The number of rotatable bonds is 6. The van der Waals surface area contributed by atoms with Crippen molar-refractivity contribution in [3.05, 3.63) is 93.0 Å². The van der Waals surface area contributed by atoms with Crippen molar-refractivity contribution in [1.82, 2.24) is 9.80 Å². The van der Waals surface area contributed by atoms with E-state index in [2.05, 4.69) is 4.72 Å². The predicted molar refractivity (Wildman–Crippen MR) is 135 cm³/mol. The third-order valence-corrected chi connectivity index (χ3v) is 7.44. The molecule has 1 saturated heterocycles. The molecule has 4 rings (SSSR count). The summed E-state index contributed by atoms with van der Waals surface area (Å²) in [5.41, 5.74) is 1.62. The Balaban J connectivity index is 1.32. The molecule has 0 aliphatic carbocycles. The zero-order valence-corrected chi connectivity index (χ0v) is 20.3. The Kier molecular flexibility index (Phi) is 7.14. The van der Waals surface area contributed by atoms with Crippen LogP contribution in [0.3, 0.4) is 0 Å². The van der Waals surface area contributed by atoms with Crippen LogP contribution in [0.5, 0.6) is 0 Å². The van der Waals surface area contributed by atoms with E-state index in [0.717, 1.165) is 15.8 Å². The first-order chi connectivity index (χ1) is 16.3. The van der Waals surface area contributed by atoms with Gasteiger partial charge in [-0.3, -0.25) is 14.3 Å². The molecule has 7 nitrogen and oxygen atoms in total. The van der Waals surface area contributed by atoms with Crippen LogP contribution in [0, 0.1) is 6.92 Å². The van der Waals surface area contributed by atoms with Gasteiger partial charge >= 0.3 is 0 Å². The fraction of sp³-hybridized carbons (Fsp3) is 0.200. The molecule has 0 spiro atoms. The molecule has 2 aromatic carbocycles. The highest BCUT2D eigenvalue weighted by Crippen LogP contribution is 2.19. The summed E-state index contributed by atoms with van der Waals surface area (Å²) in [6, 6.07) is 19.3. The van der Waals surface area contributed by atoms with E-state index >= 15 is 0 Å². The quantitative estimate of drug-likeness (QED) is 0.559. The molecule has 2 heterocycles. The van der Waals surface area contributed by atoms with Crippen LogP contribution in [0.25, 0.3) is 6.08 Å². The number of hydrogen-bond donors (Lipinski definition) is 1. The van der Waals surface area contributed by atoms with Crippen LogP contribution in [-0.2, 0) is 10.0 Å². The maximum Gasteiger partial charge on any atom is 0.264 e. The van der Waals surface area contributed by atoms with Crippen LogP contribution in [0.1, 0.15) is 30.5 Å². The number of nitrogens with zero attached hydrogens (tertiary/aromatic N) is 2. The lowest BCUT2D eigenvalue weighted by atomic mass is 10.1. The molecule has 0 bridgehead atoms. The standard InChI is InChI=1S/C25H25N3O4S2/c1-19-7-12-23(33-19)25(30)28-16-14-27(15-17-28)24(29)21-8-10-22(11-9-21)26-34(31,32)18-13-20-5-3-2-4-6-20/h2-13,18,26H,14-17H2,1H3. The summed E-state index contributed by atoms with van der Waals surface area (Å²) in [5.74, 6) is -0.138. The molecule has 1 aliphatic rings. The Morgan fingerprint density at radius 1 is 0.853 bits per heavy atom. The lowest BCUT2D eigenvalue weighted by Crippen LogP contribution is -2.50. The van der Waals surface area contributed by atoms with Crippen LogP contribution >= 0.6 is 11.3 Å². The number of piperazine rings is 1. The number of aryl methyl sites for hydroxylation is 1. The molecule has 0 saturated carbocycles. The molecule has 2 amide bonds. The van der Waals surface area contributed by atoms with Gasteiger partial charge in [0.05, 0.1) is 10.3 Å². The maximum atomic E-state index is 12.9. The van der Waals surface area contributed by atoms with E-state index in [1.807, 2.05) is 49.4 Å². The van der Waals surface area contributed by atoms with Gasteiger partial charge in [0.2, 0.25) is 0 Å². The first-order valence-electron chi connectivity index (χ1n) is 10.8. The van der Waals surface area contributed by atoms with E-state index in [0.29, 0.717) is 42.3 Å². The van der Waals surface area contributed by atoms with Crippen LogP contribution < -0.4 is 4.72 Å². The van der Waals surface area contributed by atoms with Crippen molar-refractivity contribution in [2.45, 2.75) is 6.92 Å². The summed E-state index contributed by atoms with van der Waals surface area (Å²) in [7, 11) is -3.68. The second kappa shape index (κ2) is 10.2. The zero-order valence-electron chi connectivity index (χ0n) is 18.7. The van der Waals surface area contributed by atoms with Gasteiger partial charge < -0.3 is 9.80 Å². The van der Waals surface area contributed by atoms with Crippen molar-refractivity contribution >= 4 is 44.9 Å². The highest BCUT2D eigenvalue weighted by molar-refractivity contribution is 7.95. The minimum atomic E-state index is -3.68. The van der Waals surface area contributed by atoms with Crippen molar-refractivity contribution in [2.75, 3.05) is 30.9 Å². The predicted octanol–water partition coefficient (Wildman–Crippen LogP) is 4.07. The lowest BCUT2D eigenvalue weighted by Gasteiger charge is -2.34. The number of nitrogens with one attached hydrogen (secondary N) is 1. The average Bonchev–Trinajstić information content (AvgIpc) is 3.29. The largest absolute Gasteiger partial charge is 0.335 e. The molecule has 0 radical (unpaired) electrons. The fourth-order valence-corrected chi connectivity index (χ4v) is 5.32. The molecule has 1 fully saturated rings. The summed E-state index contributed by atoms with van der Waals surface area (Å²) in [4.78, 5) is 30.8. The second-order valence-corrected chi connectivity index (χ2v) is 10.8.